The van der Waals surface area contributed by atoms with E-state index in [0.29, 0.717) is 22.6 Å². The standard InChI is InChI=1S/C21H21IO3/c1-25-21(24)19-13-17(22)11-12-18(19)20(23)16-9-7-15(8-10-16)14-5-3-2-4-6-14/h7-14H,2-6H2,1H3. The summed E-state index contributed by atoms with van der Waals surface area (Å²) >= 11 is 2.12. The van der Waals surface area contributed by atoms with E-state index in [1.165, 1.54) is 44.8 Å². The number of esters is 1. The number of rotatable bonds is 4. The Labute approximate surface area is 161 Å². The van der Waals surface area contributed by atoms with Crippen LogP contribution in [-0.4, -0.2) is 18.9 Å². The molecule has 4 heteroatoms. The number of ketones is 1. The van der Waals surface area contributed by atoms with Crippen LogP contribution in [-0.2, 0) is 4.74 Å². The molecule has 130 valence electrons. The van der Waals surface area contributed by atoms with Crippen LogP contribution in [0.1, 0.15) is 69.9 Å². The van der Waals surface area contributed by atoms with Gasteiger partial charge in [-0.25, -0.2) is 4.79 Å². The molecule has 0 saturated heterocycles. The Balaban J connectivity index is 1.87. The van der Waals surface area contributed by atoms with Gasteiger partial charge in [-0.3, -0.25) is 4.79 Å². The first kappa shape index (κ1) is 18.1. The molecule has 25 heavy (non-hydrogen) atoms. The number of halogens is 1. The minimum atomic E-state index is -0.485. The van der Waals surface area contributed by atoms with Gasteiger partial charge in [-0.1, -0.05) is 43.5 Å². The van der Waals surface area contributed by atoms with Gasteiger partial charge in [0.25, 0.3) is 0 Å². The van der Waals surface area contributed by atoms with E-state index >= 15 is 0 Å². The predicted octanol–water partition coefficient (Wildman–Crippen LogP) is 5.36. The zero-order chi connectivity index (χ0) is 17.8. The highest BCUT2D eigenvalue weighted by Crippen LogP contribution is 2.32. The second-order valence-electron chi connectivity index (χ2n) is 6.47. The Bertz CT molecular complexity index is 774. The Kier molecular flexibility index (Phi) is 5.89. The fraction of sp³-hybridized carbons (Fsp3) is 0.333. The van der Waals surface area contributed by atoms with E-state index in [0.717, 1.165) is 3.57 Å². The molecule has 3 nitrogen and oxygen atoms in total. The highest BCUT2D eigenvalue weighted by molar-refractivity contribution is 14.1. The van der Waals surface area contributed by atoms with Gasteiger partial charge < -0.3 is 4.74 Å². The molecular formula is C21H21IO3. The largest absolute Gasteiger partial charge is 0.465 e. The van der Waals surface area contributed by atoms with E-state index < -0.39 is 5.97 Å². The van der Waals surface area contributed by atoms with Crippen molar-refractivity contribution < 1.29 is 14.3 Å². The molecule has 1 aliphatic rings. The Morgan fingerprint density at radius 1 is 0.960 bits per heavy atom. The first-order valence-corrected chi connectivity index (χ1v) is 9.70. The van der Waals surface area contributed by atoms with Gasteiger partial charge in [0.15, 0.2) is 5.78 Å². The maximum atomic E-state index is 12.9. The summed E-state index contributed by atoms with van der Waals surface area (Å²) in [4.78, 5) is 24.9. The molecule has 2 aromatic rings. The summed E-state index contributed by atoms with van der Waals surface area (Å²) in [6, 6.07) is 13.1. The molecule has 0 spiro atoms. The van der Waals surface area contributed by atoms with E-state index in [4.69, 9.17) is 4.74 Å². The van der Waals surface area contributed by atoms with Crippen molar-refractivity contribution >= 4 is 34.3 Å². The third kappa shape index (κ3) is 4.11. The Morgan fingerprint density at radius 3 is 2.28 bits per heavy atom. The third-order valence-corrected chi connectivity index (χ3v) is 5.55. The monoisotopic (exact) mass is 448 g/mol. The molecular weight excluding hydrogens is 427 g/mol. The maximum absolute atomic E-state index is 12.9. The highest BCUT2D eigenvalue weighted by atomic mass is 127. The molecule has 1 aliphatic carbocycles. The molecule has 0 aliphatic heterocycles. The lowest BCUT2D eigenvalue weighted by Gasteiger charge is -2.22. The predicted molar refractivity (Wildman–Crippen MR) is 106 cm³/mol. The summed E-state index contributed by atoms with van der Waals surface area (Å²) in [7, 11) is 1.33. The number of benzene rings is 2. The van der Waals surface area contributed by atoms with Gasteiger partial charge >= 0.3 is 5.97 Å². The summed E-state index contributed by atoms with van der Waals surface area (Å²) < 4.78 is 5.71. The Morgan fingerprint density at radius 2 is 1.64 bits per heavy atom. The normalized spacial score (nSPS) is 15.0. The number of carbonyl (C=O) groups is 2. The zero-order valence-corrected chi connectivity index (χ0v) is 16.4. The fourth-order valence-corrected chi connectivity index (χ4v) is 3.98. The number of ether oxygens (including phenoxy) is 1. The van der Waals surface area contributed by atoms with Crippen molar-refractivity contribution in [3.63, 3.8) is 0 Å². The van der Waals surface area contributed by atoms with Gasteiger partial charge in [-0.05, 0) is 65.1 Å². The molecule has 1 fully saturated rings. The van der Waals surface area contributed by atoms with Crippen LogP contribution in [0.4, 0.5) is 0 Å². The molecule has 3 rings (SSSR count). The van der Waals surface area contributed by atoms with E-state index in [2.05, 4.69) is 34.7 Å². The molecule has 0 radical (unpaired) electrons. The molecule has 0 amide bonds. The average molecular weight is 448 g/mol. The molecule has 0 bridgehead atoms. The average Bonchev–Trinajstić information content (AvgIpc) is 2.67. The first-order chi connectivity index (χ1) is 12.1. The van der Waals surface area contributed by atoms with Crippen LogP contribution in [0, 0.1) is 3.57 Å². The van der Waals surface area contributed by atoms with E-state index in [1.54, 1.807) is 12.1 Å². The van der Waals surface area contributed by atoms with Crippen LogP contribution in [0.3, 0.4) is 0 Å². The summed E-state index contributed by atoms with van der Waals surface area (Å²) in [5, 5.41) is 0. The van der Waals surface area contributed by atoms with Gasteiger partial charge in [-0.2, -0.15) is 0 Å². The first-order valence-electron chi connectivity index (χ1n) is 8.62. The van der Waals surface area contributed by atoms with Crippen LogP contribution in [0.15, 0.2) is 42.5 Å². The summed E-state index contributed by atoms with van der Waals surface area (Å²) in [5.41, 5.74) is 2.62. The van der Waals surface area contributed by atoms with Crippen molar-refractivity contribution in [1.82, 2.24) is 0 Å². The van der Waals surface area contributed by atoms with Crippen molar-refractivity contribution in [3.05, 3.63) is 68.3 Å². The van der Waals surface area contributed by atoms with Crippen LogP contribution in [0.5, 0.6) is 0 Å². The van der Waals surface area contributed by atoms with Gasteiger partial charge in [0.1, 0.15) is 0 Å². The lowest BCUT2D eigenvalue weighted by Crippen LogP contribution is -2.12. The fourth-order valence-electron chi connectivity index (χ4n) is 3.49. The van der Waals surface area contributed by atoms with Crippen molar-refractivity contribution in [2.45, 2.75) is 38.0 Å². The SMILES string of the molecule is COC(=O)c1cc(I)ccc1C(=O)c1ccc(C2CCCCC2)cc1. The molecule has 2 aromatic carbocycles. The smallest absolute Gasteiger partial charge is 0.338 e. The van der Waals surface area contributed by atoms with E-state index in [1.807, 2.05) is 18.2 Å². The van der Waals surface area contributed by atoms with Crippen LogP contribution in [0.2, 0.25) is 0 Å². The van der Waals surface area contributed by atoms with Crippen molar-refractivity contribution in [3.8, 4) is 0 Å². The van der Waals surface area contributed by atoms with Gasteiger partial charge in [0.05, 0.1) is 12.7 Å². The van der Waals surface area contributed by atoms with Crippen LogP contribution in [0.25, 0.3) is 0 Å². The molecule has 0 aromatic heterocycles. The van der Waals surface area contributed by atoms with Gasteiger partial charge in [0, 0.05) is 14.7 Å². The quantitative estimate of drug-likeness (QED) is 0.360. The van der Waals surface area contributed by atoms with Crippen molar-refractivity contribution in [2.24, 2.45) is 0 Å². The number of carbonyl (C=O) groups excluding carboxylic acids is 2. The molecule has 0 atom stereocenters. The van der Waals surface area contributed by atoms with Gasteiger partial charge in [-0.15, -0.1) is 0 Å². The molecule has 0 unspecified atom stereocenters. The lowest BCUT2D eigenvalue weighted by molar-refractivity contribution is 0.0597. The minimum absolute atomic E-state index is 0.146. The number of hydrogen-bond donors (Lipinski definition) is 0. The highest BCUT2D eigenvalue weighted by Gasteiger charge is 2.20. The summed E-state index contributed by atoms with van der Waals surface area (Å²) in [6.45, 7) is 0. The molecule has 1 saturated carbocycles. The number of hydrogen-bond acceptors (Lipinski definition) is 3. The Hall–Kier alpha value is -1.69. The topological polar surface area (TPSA) is 43.4 Å². The van der Waals surface area contributed by atoms with E-state index in [-0.39, 0.29) is 5.78 Å². The summed E-state index contributed by atoms with van der Waals surface area (Å²) in [5.74, 6) is -0.0190. The van der Waals surface area contributed by atoms with E-state index in [9.17, 15) is 9.59 Å². The van der Waals surface area contributed by atoms with Crippen LogP contribution < -0.4 is 0 Å². The van der Waals surface area contributed by atoms with Crippen LogP contribution >= 0.6 is 22.6 Å². The molecule has 0 N–H and O–H groups in total. The number of methoxy groups -OCH3 is 1. The van der Waals surface area contributed by atoms with Crippen molar-refractivity contribution in [1.29, 1.82) is 0 Å². The molecule has 0 heterocycles. The second-order valence-corrected chi connectivity index (χ2v) is 7.71. The lowest BCUT2D eigenvalue weighted by atomic mass is 9.83. The zero-order valence-electron chi connectivity index (χ0n) is 14.3. The summed E-state index contributed by atoms with van der Waals surface area (Å²) in [6.07, 6.45) is 6.37. The minimum Gasteiger partial charge on any atom is -0.465 e. The van der Waals surface area contributed by atoms with Gasteiger partial charge in [0.2, 0.25) is 0 Å². The maximum Gasteiger partial charge on any atom is 0.338 e. The third-order valence-electron chi connectivity index (χ3n) is 4.88. The van der Waals surface area contributed by atoms with Crippen molar-refractivity contribution in [2.75, 3.05) is 7.11 Å². The second kappa shape index (κ2) is 8.13.